The lowest BCUT2D eigenvalue weighted by atomic mass is 9.92. The summed E-state index contributed by atoms with van der Waals surface area (Å²) >= 11 is 0. The SMILES string of the molecule is CC(=O)O/N=C(/CC1CCCC1)C(=O)c1ccc2c(c1)C(=C(C)C)c1cc(C(=O)c3ccccc3)ccc1-2. The molecule has 0 bridgehead atoms. The molecule has 2 aliphatic rings. The van der Waals surface area contributed by atoms with Crippen molar-refractivity contribution < 1.29 is 19.2 Å². The van der Waals surface area contributed by atoms with Crippen molar-refractivity contribution in [1.29, 1.82) is 0 Å². The van der Waals surface area contributed by atoms with E-state index in [1.165, 1.54) is 6.92 Å². The molecule has 0 N–H and O–H groups in total. The molecule has 0 spiro atoms. The fourth-order valence-corrected chi connectivity index (χ4v) is 5.64. The van der Waals surface area contributed by atoms with Gasteiger partial charge >= 0.3 is 5.97 Å². The quantitative estimate of drug-likeness (QED) is 0.113. The van der Waals surface area contributed by atoms with Crippen LogP contribution in [0, 0.1) is 5.92 Å². The van der Waals surface area contributed by atoms with Crippen LogP contribution >= 0.6 is 0 Å². The molecule has 5 heteroatoms. The Morgan fingerprint density at radius 3 is 1.97 bits per heavy atom. The van der Waals surface area contributed by atoms with Gasteiger partial charge in [-0.25, -0.2) is 4.79 Å². The maximum absolute atomic E-state index is 13.6. The average Bonchev–Trinajstić information content (AvgIpc) is 3.55. The van der Waals surface area contributed by atoms with E-state index < -0.39 is 5.97 Å². The zero-order valence-electron chi connectivity index (χ0n) is 22.0. The lowest BCUT2D eigenvalue weighted by Gasteiger charge is -2.12. The van der Waals surface area contributed by atoms with Crippen molar-refractivity contribution in [2.75, 3.05) is 0 Å². The summed E-state index contributed by atoms with van der Waals surface area (Å²) in [5.74, 6) is -0.406. The molecule has 38 heavy (non-hydrogen) atoms. The van der Waals surface area contributed by atoms with Crippen molar-refractivity contribution >= 4 is 28.8 Å². The number of rotatable bonds is 7. The molecule has 1 saturated carbocycles. The minimum Gasteiger partial charge on any atom is -0.318 e. The van der Waals surface area contributed by atoms with Gasteiger partial charge in [0, 0.05) is 23.6 Å². The van der Waals surface area contributed by atoms with Crippen LogP contribution in [0.5, 0.6) is 0 Å². The molecule has 0 radical (unpaired) electrons. The van der Waals surface area contributed by atoms with Crippen LogP contribution < -0.4 is 0 Å². The number of hydrogen-bond donors (Lipinski definition) is 0. The lowest BCUT2D eigenvalue weighted by Crippen LogP contribution is -2.19. The summed E-state index contributed by atoms with van der Waals surface area (Å²) in [6.45, 7) is 5.37. The first-order chi connectivity index (χ1) is 18.3. The molecule has 3 aromatic rings. The van der Waals surface area contributed by atoms with Gasteiger partial charge in [-0.2, -0.15) is 0 Å². The highest BCUT2D eigenvalue weighted by Crippen LogP contribution is 2.46. The largest absolute Gasteiger partial charge is 0.331 e. The second-order valence-electron chi connectivity index (χ2n) is 10.4. The summed E-state index contributed by atoms with van der Waals surface area (Å²) < 4.78 is 0. The Balaban J connectivity index is 1.51. The summed E-state index contributed by atoms with van der Waals surface area (Å²) in [6, 6.07) is 20.8. The Morgan fingerprint density at radius 1 is 0.763 bits per heavy atom. The van der Waals surface area contributed by atoms with Gasteiger partial charge in [0.2, 0.25) is 5.78 Å². The Kier molecular flexibility index (Phi) is 7.19. The first kappa shape index (κ1) is 25.5. The fourth-order valence-electron chi connectivity index (χ4n) is 5.64. The maximum Gasteiger partial charge on any atom is 0.331 e. The maximum atomic E-state index is 13.6. The number of allylic oxidation sites excluding steroid dienone is 1. The highest BCUT2D eigenvalue weighted by molar-refractivity contribution is 6.46. The first-order valence-corrected chi connectivity index (χ1v) is 13.2. The number of hydrogen-bond acceptors (Lipinski definition) is 5. The molecule has 192 valence electrons. The molecule has 0 amide bonds. The number of Topliss-reactive ketones (excluding diaryl/α,β-unsaturated/α-hetero) is 1. The van der Waals surface area contributed by atoms with Crippen LogP contribution in [-0.4, -0.2) is 23.2 Å². The monoisotopic (exact) mass is 505 g/mol. The molecule has 0 saturated heterocycles. The topological polar surface area (TPSA) is 72.8 Å². The molecule has 1 fully saturated rings. The Bertz CT molecular complexity index is 1490. The van der Waals surface area contributed by atoms with Gasteiger partial charge in [0.1, 0.15) is 5.71 Å². The third kappa shape index (κ3) is 5.01. The third-order valence-electron chi connectivity index (χ3n) is 7.43. The molecular weight excluding hydrogens is 474 g/mol. The Hall–Kier alpha value is -4.12. The van der Waals surface area contributed by atoms with Crippen LogP contribution in [0.3, 0.4) is 0 Å². The van der Waals surface area contributed by atoms with Gasteiger partial charge < -0.3 is 4.84 Å². The van der Waals surface area contributed by atoms with Gasteiger partial charge in [-0.3, -0.25) is 9.59 Å². The van der Waals surface area contributed by atoms with E-state index in [1.54, 1.807) is 0 Å². The van der Waals surface area contributed by atoms with Crippen molar-refractivity contribution in [2.24, 2.45) is 11.1 Å². The lowest BCUT2D eigenvalue weighted by molar-refractivity contribution is -0.140. The molecule has 5 nitrogen and oxygen atoms in total. The van der Waals surface area contributed by atoms with Gasteiger partial charge in [0.05, 0.1) is 0 Å². The number of oxime groups is 1. The van der Waals surface area contributed by atoms with Crippen LogP contribution in [0.2, 0.25) is 0 Å². The minimum atomic E-state index is -0.543. The van der Waals surface area contributed by atoms with Crippen LogP contribution in [0.15, 0.2) is 77.5 Å². The van der Waals surface area contributed by atoms with E-state index in [-0.39, 0.29) is 17.3 Å². The fraction of sp³-hybridized carbons (Fsp3) is 0.273. The first-order valence-electron chi connectivity index (χ1n) is 13.2. The minimum absolute atomic E-state index is 0.0217. The number of benzene rings is 3. The van der Waals surface area contributed by atoms with Crippen LogP contribution in [0.1, 0.15) is 90.3 Å². The van der Waals surface area contributed by atoms with E-state index >= 15 is 0 Å². The number of carbonyl (C=O) groups is 3. The summed E-state index contributed by atoms with van der Waals surface area (Å²) in [6.07, 6.45) is 4.91. The molecule has 0 atom stereocenters. The molecule has 5 rings (SSSR count). The van der Waals surface area contributed by atoms with E-state index in [9.17, 15) is 14.4 Å². The predicted molar refractivity (Wildman–Crippen MR) is 149 cm³/mol. The van der Waals surface area contributed by atoms with Gasteiger partial charge in [0.25, 0.3) is 0 Å². The van der Waals surface area contributed by atoms with Gasteiger partial charge in [-0.05, 0) is 66.1 Å². The molecule has 0 aliphatic heterocycles. The van der Waals surface area contributed by atoms with Crippen LogP contribution in [0.4, 0.5) is 0 Å². The highest BCUT2D eigenvalue weighted by Gasteiger charge is 2.29. The smallest absolute Gasteiger partial charge is 0.318 e. The molecule has 0 aromatic heterocycles. The Morgan fingerprint density at radius 2 is 1.37 bits per heavy atom. The van der Waals surface area contributed by atoms with E-state index in [2.05, 4.69) is 5.16 Å². The number of nitrogens with zero attached hydrogens (tertiary/aromatic N) is 1. The average molecular weight is 506 g/mol. The van der Waals surface area contributed by atoms with Crippen molar-refractivity contribution in [1.82, 2.24) is 0 Å². The van der Waals surface area contributed by atoms with Crippen LogP contribution in [-0.2, 0) is 9.63 Å². The Labute approximate surface area is 223 Å². The summed E-state index contributed by atoms with van der Waals surface area (Å²) in [5.41, 5.74) is 8.23. The van der Waals surface area contributed by atoms with Crippen molar-refractivity contribution in [3.05, 3.63) is 100 Å². The molecule has 2 aliphatic carbocycles. The standard InChI is InChI=1S/C33H31NO4/c1-20(2)31-28-18-24(32(36)23-11-5-4-6-12-23)13-15-26(28)27-16-14-25(19-29(27)31)33(37)30(34-38-21(3)35)17-22-9-7-8-10-22/h4-6,11-16,18-19,22H,7-10,17H2,1-3H3/b34-30-. The molecule has 3 aromatic carbocycles. The third-order valence-corrected chi connectivity index (χ3v) is 7.43. The predicted octanol–water partition coefficient (Wildman–Crippen LogP) is 7.42. The van der Waals surface area contributed by atoms with Gasteiger partial charge in [0.15, 0.2) is 5.78 Å². The second-order valence-corrected chi connectivity index (χ2v) is 10.4. The summed E-state index contributed by atoms with van der Waals surface area (Å²) in [5, 5.41) is 3.98. The zero-order valence-corrected chi connectivity index (χ0v) is 22.0. The molecular formula is C33H31NO4. The zero-order chi connectivity index (χ0) is 26.8. The van der Waals surface area contributed by atoms with Crippen molar-refractivity contribution in [3.63, 3.8) is 0 Å². The van der Waals surface area contributed by atoms with Gasteiger partial charge in [-0.1, -0.05) is 91.0 Å². The van der Waals surface area contributed by atoms with E-state index in [4.69, 9.17) is 4.84 Å². The number of ketones is 2. The summed E-state index contributed by atoms with van der Waals surface area (Å²) in [7, 11) is 0. The highest BCUT2D eigenvalue weighted by atomic mass is 16.7. The van der Waals surface area contributed by atoms with Crippen LogP contribution in [0.25, 0.3) is 16.7 Å². The molecule has 0 unspecified atom stereocenters. The van der Waals surface area contributed by atoms with E-state index in [0.717, 1.165) is 59.1 Å². The van der Waals surface area contributed by atoms with Gasteiger partial charge in [-0.15, -0.1) is 0 Å². The second kappa shape index (κ2) is 10.7. The van der Waals surface area contributed by atoms with E-state index in [0.29, 0.717) is 29.0 Å². The number of fused-ring (bicyclic) bond motifs is 3. The van der Waals surface area contributed by atoms with E-state index in [1.807, 2.05) is 80.6 Å². The molecule has 0 heterocycles. The van der Waals surface area contributed by atoms with Crippen molar-refractivity contribution in [3.8, 4) is 11.1 Å². The summed E-state index contributed by atoms with van der Waals surface area (Å²) in [4.78, 5) is 43.1. The number of carbonyl (C=O) groups excluding carboxylic acids is 3. The van der Waals surface area contributed by atoms with Crippen molar-refractivity contribution in [2.45, 2.75) is 52.9 Å². The normalized spacial score (nSPS) is 14.7.